The molecule has 228 valence electrons. The Bertz CT molecular complexity index is 2750. The number of benzene rings is 8. The number of hydrogen-bond donors (Lipinski definition) is 0. The van der Waals surface area contributed by atoms with Gasteiger partial charge in [-0.25, -0.2) is 0 Å². The van der Waals surface area contributed by atoms with Crippen molar-refractivity contribution in [2.24, 2.45) is 0 Å². The van der Waals surface area contributed by atoms with Crippen LogP contribution < -0.4 is 30.8 Å². The molecule has 2 aliphatic rings. The summed E-state index contributed by atoms with van der Waals surface area (Å²) >= 11 is 1.86. The average molecular weight is 644 g/mol. The first kappa shape index (κ1) is 27.0. The van der Waals surface area contributed by atoms with Gasteiger partial charge in [-0.15, -0.1) is 11.3 Å². The molecule has 0 spiro atoms. The van der Waals surface area contributed by atoms with Gasteiger partial charge < -0.3 is 14.4 Å². The summed E-state index contributed by atoms with van der Waals surface area (Å²) in [5, 5.41) is 7.35. The molecule has 9 aromatic rings. The lowest BCUT2D eigenvalue weighted by molar-refractivity contribution is 0.465. The van der Waals surface area contributed by atoms with Gasteiger partial charge in [0.25, 0.3) is 6.71 Å². The minimum atomic E-state index is 0.0167. The van der Waals surface area contributed by atoms with Crippen LogP contribution in [0.2, 0.25) is 0 Å². The molecule has 8 aromatic carbocycles. The maximum Gasteiger partial charge on any atom is 0.261 e. The number of thiophene rings is 1. The molecule has 0 aliphatic carbocycles. The van der Waals surface area contributed by atoms with Gasteiger partial charge >= 0.3 is 0 Å². The van der Waals surface area contributed by atoms with E-state index in [0.29, 0.717) is 0 Å². The number of anilines is 3. The number of fused-ring (bicyclic) bond motifs is 10. The Morgan fingerprint density at radius 2 is 1.06 bits per heavy atom. The van der Waals surface area contributed by atoms with Gasteiger partial charge in [0.2, 0.25) is 0 Å². The Morgan fingerprint density at radius 1 is 0.408 bits per heavy atom. The normalized spacial score (nSPS) is 12.8. The molecule has 0 saturated carbocycles. The Hall–Kier alpha value is -6.04. The van der Waals surface area contributed by atoms with Crippen LogP contribution in [-0.2, 0) is 0 Å². The number of nitrogens with zero attached hydrogens (tertiary/aromatic N) is 1. The zero-order chi connectivity index (χ0) is 32.1. The lowest BCUT2D eigenvalue weighted by Gasteiger charge is -2.33. The number of para-hydroxylation sites is 2. The third kappa shape index (κ3) is 4.03. The summed E-state index contributed by atoms with van der Waals surface area (Å²) in [6.07, 6.45) is 0. The summed E-state index contributed by atoms with van der Waals surface area (Å²) < 4.78 is 15.8. The van der Waals surface area contributed by atoms with E-state index in [0.717, 1.165) is 45.5 Å². The molecule has 0 bridgehead atoms. The predicted molar refractivity (Wildman–Crippen MR) is 207 cm³/mol. The van der Waals surface area contributed by atoms with Gasteiger partial charge in [0.1, 0.15) is 23.0 Å². The van der Waals surface area contributed by atoms with Crippen LogP contribution in [0.5, 0.6) is 23.0 Å². The predicted octanol–water partition coefficient (Wildman–Crippen LogP) is 10.6. The fraction of sp³-hybridized carbons (Fsp3) is 0. The molecule has 0 fully saturated rings. The zero-order valence-electron chi connectivity index (χ0n) is 26.3. The molecule has 11 rings (SSSR count). The van der Waals surface area contributed by atoms with Crippen molar-refractivity contribution in [1.29, 1.82) is 0 Å². The highest BCUT2D eigenvalue weighted by molar-refractivity contribution is 7.26. The van der Waals surface area contributed by atoms with E-state index in [1.807, 2.05) is 17.4 Å². The third-order valence-electron chi connectivity index (χ3n) is 10.1. The summed E-state index contributed by atoms with van der Waals surface area (Å²) in [5.74, 6) is 3.57. The summed E-state index contributed by atoms with van der Waals surface area (Å²) in [6.45, 7) is 0.0167. The van der Waals surface area contributed by atoms with Crippen LogP contribution in [-0.4, -0.2) is 6.71 Å². The number of rotatable bonds is 3. The average Bonchev–Trinajstić information content (AvgIpc) is 3.49. The molecule has 5 heteroatoms. The van der Waals surface area contributed by atoms with Crippen molar-refractivity contribution in [2.45, 2.75) is 0 Å². The van der Waals surface area contributed by atoms with E-state index in [-0.39, 0.29) is 6.71 Å². The van der Waals surface area contributed by atoms with E-state index in [9.17, 15) is 0 Å². The Morgan fingerprint density at radius 3 is 1.86 bits per heavy atom. The summed E-state index contributed by atoms with van der Waals surface area (Å²) in [4.78, 5) is 2.32. The fourth-order valence-electron chi connectivity index (χ4n) is 7.94. The molecule has 0 amide bonds. The summed E-state index contributed by atoms with van der Waals surface area (Å²) in [6, 6.07) is 56.4. The van der Waals surface area contributed by atoms with E-state index in [1.54, 1.807) is 0 Å². The van der Waals surface area contributed by atoms with Crippen molar-refractivity contribution < 1.29 is 9.47 Å². The zero-order valence-corrected chi connectivity index (χ0v) is 27.1. The minimum Gasteiger partial charge on any atom is -0.458 e. The van der Waals surface area contributed by atoms with Gasteiger partial charge in [0.05, 0.1) is 0 Å². The topological polar surface area (TPSA) is 21.7 Å². The largest absolute Gasteiger partial charge is 0.458 e. The van der Waals surface area contributed by atoms with Gasteiger partial charge in [-0.3, -0.25) is 0 Å². The fourth-order valence-corrected chi connectivity index (χ4v) is 9.11. The van der Waals surface area contributed by atoms with Crippen molar-refractivity contribution in [1.82, 2.24) is 0 Å². The molecule has 0 unspecified atom stereocenters. The number of ether oxygens (including phenoxy) is 2. The maximum absolute atomic E-state index is 6.71. The first-order valence-electron chi connectivity index (χ1n) is 16.6. The Balaban J connectivity index is 1.10. The van der Waals surface area contributed by atoms with Crippen LogP contribution in [0.1, 0.15) is 0 Å². The van der Waals surface area contributed by atoms with Gasteiger partial charge in [-0.2, -0.15) is 0 Å². The van der Waals surface area contributed by atoms with Crippen LogP contribution in [0.4, 0.5) is 17.1 Å². The highest BCUT2D eigenvalue weighted by Gasteiger charge is 2.41. The molecule has 49 heavy (non-hydrogen) atoms. The molecule has 0 N–H and O–H groups in total. The van der Waals surface area contributed by atoms with Crippen molar-refractivity contribution in [3.63, 3.8) is 0 Å². The Labute approximate surface area is 287 Å². The second kappa shape index (κ2) is 10.2. The van der Waals surface area contributed by atoms with Gasteiger partial charge in [-0.1, -0.05) is 78.9 Å². The molecular weight excluding hydrogens is 617 g/mol. The first-order chi connectivity index (χ1) is 24.3. The third-order valence-corrected chi connectivity index (χ3v) is 11.2. The molecule has 1 aromatic heterocycles. The van der Waals surface area contributed by atoms with Gasteiger partial charge in [-0.05, 0) is 111 Å². The quantitative estimate of drug-likeness (QED) is 0.179. The smallest absolute Gasteiger partial charge is 0.261 e. The lowest BCUT2D eigenvalue weighted by atomic mass is 9.34. The molecule has 2 aliphatic heterocycles. The van der Waals surface area contributed by atoms with Crippen LogP contribution in [0.25, 0.3) is 41.7 Å². The van der Waals surface area contributed by atoms with Crippen molar-refractivity contribution in [3.8, 4) is 23.0 Å². The Kier molecular flexibility index (Phi) is 5.63. The van der Waals surface area contributed by atoms with Crippen molar-refractivity contribution >= 4 is 93.2 Å². The van der Waals surface area contributed by atoms with E-state index in [2.05, 4.69) is 157 Å². The molecule has 3 nitrogen and oxygen atoms in total. The maximum atomic E-state index is 6.71. The highest BCUT2D eigenvalue weighted by Crippen LogP contribution is 2.43. The second-order valence-corrected chi connectivity index (χ2v) is 14.0. The van der Waals surface area contributed by atoms with Crippen LogP contribution in [0, 0.1) is 0 Å². The monoisotopic (exact) mass is 643 g/mol. The van der Waals surface area contributed by atoms with Gasteiger partial charge in [0, 0.05) is 42.7 Å². The SMILES string of the molecule is c1ccc(N(c2ccccc2)c2ccc3cc4c(cc3c2)sc2cc3c(cc24)Oc2cccc4c2B3c2c(ccc3ccccc23)O4)cc1. The first-order valence-corrected chi connectivity index (χ1v) is 17.4. The highest BCUT2D eigenvalue weighted by atomic mass is 32.1. The van der Waals surface area contributed by atoms with Gasteiger partial charge in [0.15, 0.2) is 0 Å². The summed E-state index contributed by atoms with van der Waals surface area (Å²) in [5.41, 5.74) is 6.91. The van der Waals surface area contributed by atoms with Crippen LogP contribution >= 0.6 is 11.3 Å². The molecule has 0 radical (unpaired) electrons. The number of hydrogen-bond acceptors (Lipinski definition) is 4. The van der Waals surface area contributed by atoms with E-state index >= 15 is 0 Å². The molecule has 0 saturated heterocycles. The standard InChI is InChI=1S/C44H26BNO2S/c1-3-11-30(12-4-1)46(31-13-5-2-6-14-31)32-20-18-28-23-34-35-25-40-36(26-42(35)49-41(34)24-29(28)22-32)45-43-33-15-8-7-10-27(33)19-21-39(43)47-37-16-9-17-38(48-40)44(37)45/h1-26H. The minimum absolute atomic E-state index is 0.0167. The van der Waals surface area contributed by atoms with E-state index < -0.39 is 0 Å². The van der Waals surface area contributed by atoms with Crippen molar-refractivity contribution in [2.75, 3.05) is 4.90 Å². The van der Waals surface area contributed by atoms with E-state index in [1.165, 1.54) is 52.6 Å². The molecular formula is C44H26BNO2S. The van der Waals surface area contributed by atoms with Crippen molar-refractivity contribution in [3.05, 3.63) is 158 Å². The second-order valence-electron chi connectivity index (χ2n) is 12.9. The van der Waals surface area contributed by atoms with Crippen LogP contribution in [0.15, 0.2) is 158 Å². The van der Waals surface area contributed by atoms with Crippen LogP contribution in [0.3, 0.4) is 0 Å². The molecule has 0 atom stereocenters. The van der Waals surface area contributed by atoms with E-state index in [4.69, 9.17) is 9.47 Å². The molecule has 3 heterocycles. The lowest BCUT2D eigenvalue weighted by Crippen LogP contribution is -2.57. The summed E-state index contributed by atoms with van der Waals surface area (Å²) in [7, 11) is 0.